The smallest absolute Gasteiger partial charge is 0.343 e. The van der Waals surface area contributed by atoms with Gasteiger partial charge in [0.15, 0.2) is 0 Å². The van der Waals surface area contributed by atoms with Crippen LogP contribution >= 0.6 is 0 Å². The van der Waals surface area contributed by atoms with Gasteiger partial charge in [0.05, 0.1) is 17.0 Å². The standard InChI is InChI=1S/C15H10F3N5/c1-8-5-11-12(20-8)22-14(15(16,17)18)23-13(11)21-10-4-2-3-9(6-10)7-19/h2-6H,1H3,(H2,20,21,22,23). The molecule has 116 valence electrons. The van der Waals surface area contributed by atoms with Crippen LogP contribution in [0.15, 0.2) is 30.3 Å². The number of rotatable bonds is 2. The Morgan fingerprint density at radius 2 is 2.00 bits per heavy atom. The lowest BCUT2D eigenvalue weighted by Crippen LogP contribution is -2.12. The van der Waals surface area contributed by atoms with Crippen LogP contribution in [0.5, 0.6) is 0 Å². The molecule has 2 aromatic heterocycles. The predicted octanol–water partition coefficient (Wildman–Crippen LogP) is 3.90. The monoisotopic (exact) mass is 317 g/mol. The Morgan fingerprint density at radius 3 is 2.70 bits per heavy atom. The minimum Gasteiger partial charge on any atom is -0.343 e. The third kappa shape index (κ3) is 2.94. The molecule has 0 saturated carbocycles. The van der Waals surface area contributed by atoms with E-state index >= 15 is 0 Å². The summed E-state index contributed by atoms with van der Waals surface area (Å²) in [5, 5.41) is 12.2. The number of alkyl halides is 3. The van der Waals surface area contributed by atoms with Crippen molar-refractivity contribution in [1.29, 1.82) is 5.26 Å². The molecule has 0 aliphatic rings. The summed E-state index contributed by atoms with van der Waals surface area (Å²) >= 11 is 0. The Kier molecular flexibility index (Phi) is 3.41. The van der Waals surface area contributed by atoms with Crippen molar-refractivity contribution in [2.24, 2.45) is 0 Å². The summed E-state index contributed by atoms with van der Waals surface area (Å²) < 4.78 is 38.9. The van der Waals surface area contributed by atoms with Gasteiger partial charge in [-0.2, -0.15) is 18.4 Å². The number of aromatic nitrogens is 3. The third-order valence-electron chi connectivity index (χ3n) is 3.13. The van der Waals surface area contributed by atoms with Gasteiger partial charge in [0.25, 0.3) is 0 Å². The lowest BCUT2D eigenvalue weighted by atomic mass is 10.2. The van der Waals surface area contributed by atoms with E-state index in [0.717, 1.165) is 0 Å². The van der Waals surface area contributed by atoms with Crippen molar-refractivity contribution in [3.8, 4) is 6.07 Å². The predicted molar refractivity (Wildman–Crippen MR) is 78.1 cm³/mol. The van der Waals surface area contributed by atoms with E-state index in [1.807, 2.05) is 6.07 Å². The number of nitrogens with one attached hydrogen (secondary N) is 2. The summed E-state index contributed by atoms with van der Waals surface area (Å²) in [5.41, 5.74) is 1.63. The molecule has 0 spiro atoms. The van der Waals surface area contributed by atoms with E-state index in [0.29, 0.717) is 22.3 Å². The van der Waals surface area contributed by atoms with Gasteiger partial charge in [0.2, 0.25) is 5.82 Å². The fourth-order valence-corrected chi connectivity index (χ4v) is 2.17. The van der Waals surface area contributed by atoms with Gasteiger partial charge in [-0.1, -0.05) is 6.07 Å². The first kappa shape index (κ1) is 14.8. The number of anilines is 2. The molecule has 0 unspecified atom stereocenters. The fraction of sp³-hybridized carbons (Fsp3) is 0.133. The minimum absolute atomic E-state index is 0.0294. The van der Waals surface area contributed by atoms with E-state index < -0.39 is 12.0 Å². The Morgan fingerprint density at radius 1 is 1.22 bits per heavy atom. The zero-order valence-electron chi connectivity index (χ0n) is 11.9. The molecule has 0 aliphatic carbocycles. The van der Waals surface area contributed by atoms with Gasteiger partial charge in [0, 0.05) is 11.4 Å². The highest BCUT2D eigenvalue weighted by Gasteiger charge is 2.35. The van der Waals surface area contributed by atoms with E-state index in [1.165, 1.54) is 6.07 Å². The van der Waals surface area contributed by atoms with E-state index in [1.54, 1.807) is 31.2 Å². The highest BCUT2D eigenvalue weighted by Crippen LogP contribution is 2.31. The molecule has 0 fully saturated rings. The molecule has 2 N–H and O–H groups in total. The highest BCUT2D eigenvalue weighted by molar-refractivity contribution is 5.89. The van der Waals surface area contributed by atoms with Crippen molar-refractivity contribution in [3.05, 3.63) is 47.4 Å². The van der Waals surface area contributed by atoms with E-state index in [4.69, 9.17) is 5.26 Å². The minimum atomic E-state index is -4.65. The maximum atomic E-state index is 13.0. The van der Waals surface area contributed by atoms with Gasteiger partial charge in [-0.3, -0.25) is 0 Å². The molecule has 3 rings (SSSR count). The third-order valence-corrected chi connectivity index (χ3v) is 3.13. The fourth-order valence-electron chi connectivity index (χ4n) is 2.17. The topological polar surface area (TPSA) is 77.4 Å². The number of H-pyrrole nitrogens is 1. The summed E-state index contributed by atoms with van der Waals surface area (Å²) in [4.78, 5) is 9.88. The average Bonchev–Trinajstić information content (AvgIpc) is 2.87. The number of hydrogen-bond acceptors (Lipinski definition) is 4. The molecule has 8 heteroatoms. The van der Waals surface area contributed by atoms with Crippen LogP contribution in [0, 0.1) is 18.3 Å². The van der Waals surface area contributed by atoms with Crippen LogP contribution in [0.2, 0.25) is 0 Å². The van der Waals surface area contributed by atoms with Crippen LogP contribution in [0.3, 0.4) is 0 Å². The first-order valence-corrected chi connectivity index (χ1v) is 6.58. The maximum absolute atomic E-state index is 13.0. The van der Waals surface area contributed by atoms with Crippen molar-refractivity contribution in [1.82, 2.24) is 15.0 Å². The van der Waals surface area contributed by atoms with Gasteiger partial charge >= 0.3 is 6.18 Å². The van der Waals surface area contributed by atoms with Crippen LogP contribution in [-0.2, 0) is 6.18 Å². The number of halogens is 3. The van der Waals surface area contributed by atoms with Crippen molar-refractivity contribution in [2.45, 2.75) is 13.1 Å². The molecule has 0 atom stereocenters. The van der Waals surface area contributed by atoms with Gasteiger partial charge in [-0.15, -0.1) is 0 Å². The van der Waals surface area contributed by atoms with Gasteiger partial charge in [0.1, 0.15) is 11.5 Å². The number of nitrogens with zero attached hydrogens (tertiary/aromatic N) is 3. The second kappa shape index (κ2) is 5.28. The number of aromatic amines is 1. The van der Waals surface area contributed by atoms with Crippen LogP contribution in [0.4, 0.5) is 24.7 Å². The van der Waals surface area contributed by atoms with Gasteiger partial charge in [-0.05, 0) is 31.2 Å². The Labute approximate surface area is 128 Å². The molecule has 1 aromatic carbocycles. The number of aryl methyl sites for hydroxylation is 1. The number of nitriles is 1. The summed E-state index contributed by atoms with van der Waals surface area (Å²) in [6.45, 7) is 1.72. The van der Waals surface area contributed by atoms with E-state index in [9.17, 15) is 13.2 Å². The molecule has 0 aliphatic heterocycles. The molecule has 23 heavy (non-hydrogen) atoms. The van der Waals surface area contributed by atoms with E-state index in [-0.39, 0.29) is 11.5 Å². The summed E-state index contributed by atoms with van der Waals surface area (Å²) in [7, 11) is 0. The zero-order chi connectivity index (χ0) is 16.6. The lowest BCUT2D eigenvalue weighted by molar-refractivity contribution is -0.144. The second-order valence-electron chi connectivity index (χ2n) is 4.93. The van der Waals surface area contributed by atoms with Crippen molar-refractivity contribution < 1.29 is 13.2 Å². The first-order chi connectivity index (χ1) is 10.9. The van der Waals surface area contributed by atoms with Gasteiger partial charge in [-0.25, -0.2) is 9.97 Å². The van der Waals surface area contributed by atoms with Crippen LogP contribution in [0.1, 0.15) is 17.1 Å². The van der Waals surface area contributed by atoms with Crippen molar-refractivity contribution in [2.75, 3.05) is 5.32 Å². The normalized spacial score (nSPS) is 11.4. The SMILES string of the molecule is Cc1cc2c(Nc3cccc(C#N)c3)nc(C(F)(F)F)nc2[nH]1. The number of hydrogen-bond donors (Lipinski definition) is 2. The molecular formula is C15H10F3N5. The van der Waals surface area contributed by atoms with Crippen LogP contribution < -0.4 is 5.32 Å². The summed E-state index contributed by atoms with van der Waals surface area (Å²) in [6.07, 6.45) is -4.65. The van der Waals surface area contributed by atoms with Crippen molar-refractivity contribution >= 4 is 22.5 Å². The van der Waals surface area contributed by atoms with Crippen molar-refractivity contribution in [3.63, 3.8) is 0 Å². The Bertz CT molecular complexity index is 921. The van der Waals surface area contributed by atoms with Crippen LogP contribution in [0.25, 0.3) is 11.0 Å². The first-order valence-electron chi connectivity index (χ1n) is 6.58. The molecule has 0 saturated heterocycles. The highest BCUT2D eigenvalue weighted by atomic mass is 19.4. The molecule has 5 nitrogen and oxygen atoms in total. The van der Waals surface area contributed by atoms with Gasteiger partial charge < -0.3 is 10.3 Å². The molecule has 2 heterocycles. The largest absolute Gasteiger partial charge is 0.451 e. The quantitative estimate of drug-likeness (QED) is 0.751. The molecule has 0 amide bonds. The number of benzene rings is 1. The van der Waals surface area contributed by atoms with Crippen LogP contribution in [-0.4, -0.2) is 15.0 Å². The Hall–Kier alpha value is -3.08. The summed E-state index contributed by atoms with van der Waals surface area (Å²) in [5.74, 6) is -1.20. The summed E-state index contributed by atoms with van der Waals surface area (Å²) in [6, 6.07) is 10.0. The second-order valence-corrected chi connectivity index (χ2v) is 4.93. The zero-order valence-corrected chi connectivity index (χ0v) is 11.9. The van der Waals surface area contributed by atoms with E-state index in [2.05, 4.69) is 20.3 Å². The lowest BCUT2D eigenvalue weighted by Gasteiger charge is -2.10. The Balaban J connectivity index is 2.13. The number of fused-ring (bicyclic) bond motifs is 1. The molecular weight excluding hydrogens is 307 g/mol. The molecule has 3 aromatic rings. The maximum Gasteiger partial charge on any atom is 0.451 e. The molecule has 0 radical (unpaired) electrons. The average molecular weight is 317 g/mol. The molecule has 0 bridgehead atoms.